The van der Waals surface area contributed by atoms with E-state index in [-0.39, 0.29) is 5.82 Å². The summed E-state index contributed by atoms with van der Waals surface area (Å²) >= 11 is 1.66. The first-order valence-corrected chi connectivity index (χ1v) is 8.39. The summed E-state index contributed by atoms with van der Waals surface area (Å²) in [4.78, 5) is 12.7. The molecule has 0 bridgehead atoms. The molecule has 0 fully saturated rings. The van der Waals surface area contributed by atoms with Crippen LogP contribution in [0.2, 0.25) is 0 Å². The highest BCUT2D eigenvalue weighted by Gasteiger charge is 2.21. The molecule has 3 aromatic rings. The highest BCUT2D eigenvalue weighted by molar-refractivity contribution is 7.16. The van der Waals surface area contributed by atoms with Gasteiger partial charge in [-0.3, -0.25) is 0 Å². The van der Waals surface area contributed by atoms with Crippen molar-refractivity contribution >= 4 is 27.4 Å². The molecule has 4 rings (SSSR count). The lowest BCUT2D eigenvalue weighted by atomic mass is 9.99. The average Bonchev–Trinajstić information content (AvgIpc) is 3.01. The van der Waals surface area contributed by atoms with Gasteiger partial charge in [0.25, 0.3) is 0 Å². The highest BCUT2D eigenvalue weighted by atomic mass is 32.1. The van der Waals surface area contributed by atoms with Crippen LogP contribution in [0.1, 0.15) is 23.9 Å². The van der Waals surface area contributed by atoms with E-state index in [4.69, 9.17) is 4.98 Å². The molecule has 0 unspecified atom stereocenters. The molecule has 0 radical (unpaired) electrons. The van der Waals surface area contributed by atoms with Gasteiger partial charge in [-0.25, -0.2) is 14.4 Å². The summed E-state index contributed by atoms with van der Waals surface area (Å²) in [6, 6.07) is 7.18. The van der Waals surface area contributed by atoms with E-state index in [1.807, 2.05) is 6.07 Å². The molecular weight excluding hydrogens is 297 g/mol. The second kappa shape index (κ2) is 5.32. The molecule has 0 aliphatic carbocycles. The monoisotopic (exact) mass is 313 g/mol. The fraction of sp³-hybridized carbons (Fsp3) is 0.294. The maximum absolute atomic E-state index is 13.3. The summed E-state index contributed by atoms with van der Waals surface area (Å²) < 4.78 is 13.3. The van der Waals surface area contributed by atoms with E-state index in [9.17, 15) is 4.39 Å². The minimum Gasteiger partial charge on any atom is -0.351 e. The van der Waals surface area contributed by atoms with E-state index in [1.165, 1.54) is 5.56 Å². The smallest absolute Gasteiger partial charge is 0.141 e. The lowest BCUT2D eigenvalue weighted by Gasteiger charge is -2.30. The number of nitrogens with zero attached hydrogens (tertiary/aromatic N) is 3. The molecule has 2 aromatic heterocycles. The van der Waals surface area contributed by atoms with E-state index in [1.54, 1.807) is 23.5 Å². The summed E-state index contributed by atoms with van der Waals surface area (Å²) in [6.07, 6.45) is 1.68. The summed E-state index contributed by atoms with van der Waals surface area (Å²) in [6.45, 7) is 3.72. The molecule has 0 saturated carbocycles. The van der Waals surface area contributed by atoms with Crippen molar-refractivity contribution in [3.63, 3.8) is 0 Å². The van der Waals surface area contributed by atoms with Crippen LogP contribution >= 0.6 is 11.3 Å². The lowest BCUT2D eigenvalue weighted by molar-refractivity contribution is 0.618. The number of fused-ring (bicyclic) bond motifs is 2. The quantitative estimate of drug-likeness (QED) is 0.717. The zero-order chi connectivity index (χ0) is 15.1. The Hall–Kier alpha value is -2.01. The van der Waals surface area contributed by atoms with Crippen LogP contribution in [0.3, 0.4) is 0 Å². The van der Waals surface area contributed by atoms with Crippen LogP contribution in [0.25, 0.3) is 10.2 Å². The number of aryl methyl sites for hydroxylation is 1. The zero-order valence-electron chi connectivity index (χ0n) is 12.3. The Labute approximate surface area is 132 Å². The second-order valence-electron chi connectivity index (χ2n) is 5.54. The Balaban J connectivity index is 1.76. The van der Waals surface area contributed by atoms with E-state index in [2.05, 4.69) is 28.3 Å². The van der Waals surface area contributed by atoms with E-state index >= 15 is 0 Å². The summed E-state index contributed by atoms with van der Waals surface area (Å²) in [5.74, 6) is 1.75. The van der Waals surface area contributed by atoms with Gasteiger partial charge in [0.15, 0.2) is 0 Å². The number of halogens is 1. The SMILES string of the molecule is CCc1nc(N2CCc3cc(F)ccc3C2)c2ccsc2n1. The molecule has 1 aromatic carbocycles. The van der Waals surface area contributed by atoms with Gasteiger partial charge in [0.1, 0.15) is 22.3 Å². The Bertz CT molecular complexity index is 843. The number of thiophene rings is 1. The minimum absolute atomic E-state index is 0.150. The van der Waals surface area contributed by atoms with Crippen LogP contribution in [0, 0.1) is 5.82 Å². The van der Waals surface area contributed by atoms with Gasteiger partial charge in [0, 0.05) is 19.5 Å². The van der Waals surface area contributed by atoms with Crippen LogP contribution in [-0.2, 0) is 19.4 Å². The number of anilines is 1. The van der Waals surface area contributed by atoms with Crippen molar-refractivity contribution in [3.05, 3.63) is 52.4 Å². The number of aromatic nitrogens is 2. The molecule has 0 atom stereocenters. The minimum atomic E-state index is -0.150. The van der Waals surface area contributed by atoms with E-state index < -0.39 is 0 Å². The number of rotatable bonds is 2. The third-order valence-electron chi connectivity index (χ3n) is 4.15. The van der Waals surface area contributed by atoms with Crippen LogP contribution in [0.4, 0.5) is 10.2 Å². The fourth-order valence-corrected chi connectivity index (χ4v) is 3.76. The molecule has 22 heavy (non-hydrogen) atoms. The normalized spacial score (nSPS) is 14.4. The van der Waals surface area contributed by atoms with Gasteiger partial charge in [-0.15, -0.1) is 11.3 Å². The average molecular weight is 313 g/mol. The maximum Gasteiger partial charge on any atom is 0.141 e. The van der Waals surface area contributed by atoms with Crippen LogP contribution in [0.5, 0.6) is 0 Å². The van der Waals surface area contributed by atoms with Gasteiger partial charge >= 0.3 is 0 Å². The predicted octanol–water partition coefficient (Wildman–Crippen LogP) is 3.96. The number of hydrogen-bond donors (Lipinski definition) is 0. The molecular formula is C17H16FN3S. The van der Waals surface area contributed by atoms with Crippen LogP contribution in [-0.4, -0.2) is 16.5 Å². The molecule has 5 heteroatoms. The lowest BCUT2D eigenvalue weighted by Crippen LogP contribution is -2.31. The Morgan fingerprint density at radius 3 is 3.00 bits per heavy atom. The number of hydrogen-bond acceptors (Lipinski definition) is 4. The molecule has 0 spiro atoms. The van der Waals surface area contributed by atoms with Crippen LogP contribution < -0.4 is 4.90 Å². The second-order valence-corrected chi connectivity index (χ2v) is 6.44. The van der Waals surface area contributed by atoms with Gasteiger partial charge in [0.2, 0.25) is 0 Å². The highest BCUT2D eigenvalue weighted by Crippen LogP contribution is 2.31. The molecule has 1 aliphatic rings. The van der Waals surface area contributed by atoms with Crippen molar-refractivity contribution in [1.82, 2.24) is 9.97 Å². The molecule has 0 saturated heterocycles. The zero-order valence-corrected chi connectivity index (χ0v) is 13.2. The third kappa shape index (κ3) is 2.25. The van der Waals surface area contributed by atoms with Crippen LogP contribution in [0.15, 0.2) is 29.6 Å². The van der Waals surface area contributed by atoms with Crippen molar-refractivity contribution in [3.8, 4) is 0 Å². The van der Waals surface area contributed by atoms with Gasteiger partial charge in [0.05, 0.1) is 5.39 Å². The summed E-state index contributed by atoms with van der Waals surface area (Å²) in [5.41, 5.74) is 2.30. The molecule has 112 valence electrons. The molecule has 3 nitrogen and oxygen atoms in total. The van der Waals surface area contributed by atoms with Crippen molar-refractivity contribution < 1.29 is 4.39 Å². The van der Waals surface area contributed by atoms with Gasteiger partial charge in [-0.05, 0) is 41.1 Å². The first kappa shape index (κ1) is 13.6. The third-order valence-corrected chi connectivity index (χ3v) is 4.95. The van der Waals surface area contributed by atoms with Crippen molar-refractivity contribution in [2.75, 3.05) is 11.4 Å². The standard InChI is InChI=1S/C17H16FN3S/c1-2-15-19-16(14-6-8-22-17(14)20-15)21-7-5-11-9-13(18)4-3-12(11)10-21/h3-4,6,8-9H,2,5,7,10H2,1H3. The van der Waals surface area contributed by atoms with Gasteiger partial charge < -0.3 is 4.90 Å². The summed E-state index contributed by atoms with van der Waals surface area (Å²) in [7, 11) is 0. The Morgan fingerprint density at radius 1 is 1.23 bits per heavy atom. The molecule has 3 heterocycles. The number of benzene rings is 1. The molecule has 1 aliphatic heterocycles. The summed E-state index contributed by atoms with van der Waals surface area (Å²) in [5, 5.41) is 3.18. The predicted molar refractivity (Wildman–Crippen MR) is 87.9 cm³/mol. The van der Waals surface area contributed by atoms with Crippen molar-refractivity contribution in [2.45, 2.75) is 26.3 Å². The van der Waals surface area contributed by atoms with Crippen molar-refractivity contribution in [1.29, 1.82) is 0 Å². The molecule has 0 amide bonds. The van der Waals surface area contributed by atoms with Gasteiger partial charge in [-0.2, -0.15) is 0 Å². The van der Waals surface area contributed by atoms with Gasteiger partial charge in [-0.1, -0.05) is 13.0 Å². The Kier molecular flexibility index (Phi) is 3.30. The fourth-order valence-electron chi connectivity index (χ4n) is 2.98. The maximum atomic E-state index is 13.3. The largest absolute Gasteiger partial charge is 0.351 e. The van der Waals surface area contributed by atoms with E-state index in [0.717, 1.165) is 53.4 Å². The first-order chi connectivity index (χ1) is 10.7. The van der Waals surface area contributed by atoms with Crippen molar-refractivity contribution in [2.24, 2.45) is 0 Å². The Morgan fingerprint density at radius 2 is 2.14 bits per heavy atom. The molecule has 0 N–H and O–H groups in total. The first-order valence-electron chi connectivity index (χ1n) is 7.51. The topological polar surface area (TPSA) is 29.0 Å². The van der Waals surface area contributed by atoms with E-state index in [0.29, 0.717) is 0 Å².